The van der Waals surface area contributed by atoms with E-state index in [0.717, 1.165) is 23.2 Å². The smallest absolute Gasteiger partial charge is 0.174 e. The molecule has 1 aromatic heterocycles. The number of aryl methyl sites for hydroxylation is 2. The van der Waals surface area contributed by atoms with Gasteiger partial charge in [0.1, 0.15) is 0 Å². The fourth-order valence-corrected chi connectivity index (χ4v) is 2.62. The first-order valence-electron chi connectivity index (χ1n) is 6.67. The van der Waals surface area contributed by atoms with Crippen LogP contribution in [-0.4, -0.2) is 6.54 Å². The van der Waals surface area contributed by atoms with Crippen LogP contribution in [0.4, 0.5) is 0 Å². The molecule has 0 saturated heterocycles. The molecule has 0 radical (unpaired) electrons. The van der Waals surface area contributed by atoms with E-state index in [4.69, 9.17) is 4.42 Å². The molecule has 19 heavy (non-hydrogen) atoms. The second-order valence-corrected chi connectivity index (χ2v) is 5.60. The highest BCUT2D eigenvalue weighted by atomic mass is 79.9. The number of halogens is 1. The molecule has 0 fully saturated rings. The van der Waals surface area contributed by atoms with Gasteiger partial charge in [-0.15, -0.1) is 0 Å². The first-order chi connectivity index (χ1) is 9.13. The third-order valence-corrected chi connectivity index (χ3v) is 4.06. The number of rotatable bonds is 5. The quantitative estimate of drug-likeness (QED) is 0.859. The minimum atomic E-state index is 0.173. The Labute approximate surface area is 123 Å². The third-order valence-electron chi connectivity index (χ3n) is 3.42. The summed E-state index contributed by atoms with van der Waals surface area (Å²) in [5, 5.41) is 3.59. The summed E-state index contributed by atoms with van der Waals surface area (Å²) < 4.78 is 6.18. The highest BCUT2D eigenvalue weighted by molar-refractivity contribution is 9.10. The molecule has 0 aliphatic heterocycles. The minimum absolute atomic E-state index is 0.173. The van der Waals surface area contributed by atoms with E-state index in [1.54, 1.807) is 6.26 Å². The Morgan fingerprint density at radius 3 is 2.58 bits per heavy atom. The van der Waals surface area contributed by atoms with Crippen molar-refractivity contribution in [1.29, 1.82) is 0 Å². The Morgan fingerprint density at radius 2 is 2.00 bits per heavy atom. The Morgan fingerprint density at radius 1 is 1.21 bits per heavy atom. The predicted octanol–water partition coefficient (Wildman–Crippen LogP) is 4.75. The molecule has 1 heterocycles. The SMILES string of the molecule is CCCNC(c1ccc(C)c(C)c1)c1ccoc1Br. The van der Waals surface area contributed by atoms with Crippen LogP contribution in [0.25, 0.3) is 0 Å². The van der Waals surface area contributed by atoms with E-state index in [2.05, 4.69) is 60.2 Å². The summed E-state index contributed by atoms with van der Waals surface area (Å²) in [6.07, 6.45) is 2.83. The van der Waals surface area contributed by atoms with Crippen LogP contribution >= 0.6 is 15.9 Å². The molecule has 3 heteroatoms. The van der Waals surface area contributed by atoms with E-state index in [9.17, 15) is 0 Å². The molecule has 1 unspecified atom stereocenters. The molecule has 0 amide bonds. The van der Waals surface area contributed by atoms with Crippen LogP contribution in [0.1, 0.15) is 41.6 Å². The average molecular weight is 322 g/mol. The summed E-state index contributed by atoms with van der Waals surface area (Å²) in [6, 6.07) is 8.82. The van der Waals surface area contributed by atoms with E-state index in [1.165, 1.54) is 16.7 Å². The third kappa shape index (κ3) is 3.28. The van der Waals surface area contributed by atoms with Gasteiger partial charge < -0.3 is 9.73 Å². The van der Waals surface area contributed by atoms with Crippen molar-refractivity contribution in [3.05, 3.63) is 57.5 Å². The fraction of sp³-hybridized carbons (Fsp3) is 0.375. The number of hydrogen-bond acceptors (Lipinski definition) is 2. The normalized spacial score (nSPS) is 12.6. The molecular formula is C16H20BrNO. The van der Waals surface area contributed by atoms with E-state index in [-0.39, 0.29) is 6.04 Å². The van der Waals surface area contributed by atoms with Gasteiger partial charge in [0.2, 0.25) is 0 Å². The highest BCUT2D eigenvalue weighted by Gasteiger charge is 2.18. The summed E-state index contributed by atoms with van der Waals surface area (Å²) in [5.41, 5.74) is 5.07. The van der Waals surface area contributed by atoms with Gasteiger partial charge in [0.15, 0.2) is 4.67 Å². The Balaban J connectivity index is 2.37. The van der Waals surface area contributed by atoms with Crippen molar-refractivity contribution >= 4 is 15.9 Å². The van der Waals surface area contributed by atoms with Gasteiger partial charge in [-0.1, -0.05) is 25.1 Å². The van der Waals surface area contributed by atoms with E-state index in [1.807, 2.05) is 6.07 Å². The van der Waals surface area contributed by atoms with E-state index < -0.39 is 0 Å². The monoisotopic (exact) mass is 321 g/mol. The van der Waals surface area contributed by atoms with Crippen LogP contribution in [0.5, 0.6) is 0 Å². The van der Waals surface area contributed by atoms with Crippen LogP contribution in [-0.2, 0) is 0 Å². The Bertz CT molecular complexity index is 547. The topological polar surface area (TPSA) is 25.2 Å². The fourth-order valence-electron chi connectivity index (χ4n) is 2.15. The molecule has 2 rings (SSSR count). The van der Waals surface area contributed by atoms with Crippen LogP contribution in [0.3, 0.4) is 0 Å². The zero-order valence-corrected chi connectivity index (χ0v) is 13.3. The molecule has 0 aliphatic rings. The summed E-state index contributed by atoms with van der Waals surface area (Å²) in [6.45, 7) is 7.45. The largest absolute Gasteiger partial charge is 0.457 e. The first-order valence-corrected chi connectivity index (χ1v) is 7.46. The van der Waals surface area contributed by atoms with E-state index in [0.29, 0.717) is 0 Å². The molecule has 1 aromatic carbocycles. The molecule has 102 valence electrons. The molecule has 1 atom stereocenters. The van der Waals surface area contributed by atoms with Crippen molar-refractivity contribution in [2.75, 3.05) is 6.54 Å². The van der Waals surface area contributed by atoms with Gasteiger partial charge in [0, 0.05) is 5.56 Å². The molecular weight excluding hydrogens is 302 g/mol. The molecule has 2 aromatic rings. The van der Waals surface area contributed by atoms with Crippen LogP contribution in [0.15, 0.2) is 39.6 Å². The van der Waals surface area contributed by atoms with Gasteiger partial charge >= 0.3 is 0 Å². The van der Waals surface area contributed by atoms with E-state index >= 15 is 0 Å². The maximum absolute atomic E-state index is 5.38. The molecule has 0 spiro atoms. The lowest BCUT2D eigenvalue weighted by Crippen LogP contribution is -2.23. The Kier molecular flexibility index (Phi) is 4.83. The molecule has 0 bridgehead atoms. The second kappa shape index (κ2) is 6.40. The molecule has 2 nitrogen and oxygen atoms in total. The van der Waals surface area contributed by atoms with Crippen molar-refractivity contribution in [2.24, 2.45) is 0 Å². The minimum Gasteiger partial charge on any atom is -0.457 e. The zero-order valence-electron chi connectivity index (χ0n) is 11.7. The predicted molar refractivity (Wildman–Crippen MR) is 82.5 cm³/mol. The summed E-state index contributed by atoms with van der Waals surface area (Å²) in [5.74, 6) is 0. The zero-order chi connectivity index (χ0) is 13.8. The van der Waals surface area contributed by atoms with Gasteiger partial charge in [-0.2, -0.15) is 0 Å². The van der Waals surface area contributed by atoms with Crippen LogP contribution < -0.4 is 5.32 Å². The standard InChI is InChI=1S/C16H20BrNO/c1-4-8-18-15(14-7-9-19-16(14)17)13-6-5-11(2)12(3)10-13/h5-7,9-10,15,18H,4,8H2,1-3H3. The number of hydrogen-bond donors (Lipinski definition) is 1. The highest BCUT2D eigenvalue weighted by Crippen LogP contribution is 2.30. The lowest BCUT2D eigenvalue weighted by molar-refractivity contribution is 0.523. The lowest BCUT2D eigenvalue weighted by Gasteiger charge is -2.19. The Hall–Kier alpha value is -1.06. The van der Waals surface area contributed by atoms with Gasteiger partial charge in [-0.3, -0.25) is 0 Å². The maximum Gasteiger partial charge on any atom is 0.174 e. The van der Waals surface area contributed by atoms with Gasteiger partial charge in [0.25, 0.3) is 0 Å². The molecule has 0 aliphatic carbocycles. The summed E-state index contributed by atoms with van der Waals surface area (Å²) >= 11 is 3.48. The van der Waals surface area contributed by atoms with Gasteiger partial charge in [-0.25, -0.2) is 0 Å². The lowest BCUT2D eigenvalue weighted by atomic mass is 9.97. The van der Waals surface area contributed by atoms with Crippen molar-refractivity contribution in [2.45, 2.75) is 33.2 Å². The van der Waals surface area contributed by atoms with Crippen LogP contribution in [0.2, 0.25) is 0 Å². The van der Waals surface area contributed by atoms with Gasteiger partial charge in [-0.05, 0) is 65.5 Å². The maximum atomic E-state index is 5.38. The number of nitrogens with one attached hydrogen (secondary N) is 1. The van der Waals surface area contributed by atoms with Crippen molar-refractivity contribution in [1.82, 2.24) is 5.32 Å². The van der Waals surface area contributed by atoms with Gasteiger partial charge in [0.05, 0.1) is 12.3 Å². The average Bonchev–Trinajstić information content (AvgIpc) is 2.80. The van der Waals surface area contributed by atoms with Crippen molar-refractivity contribution in [3.8, 4) is 0 Å². The molecule has 1 N–H and O–H groups in total. The molecule has 0 saturated carbocycles. The van der Waals surface area contributed by atoms with Crippen molar-refractivity contribution in [3.63, 3.8) is 0 Å². The number of benzene rings is 1. The number of furan rings is 1. The second-order valence-electron chi connectivity index (χ2n) is 4.88. The summed E-state index contributed by atoms with van der Waals surface area (Å²) in [4.78, 5) is 0. The summed E-state index contributed by atoms with van der Waals surface area (Å²) in [7, 11) is 0. The van der Waals surface area contributed by atoms with Crippen LogP contribution in [0, 0.1) is 13.8 Å². The van der Waals surface area contributed by atoms with Crippen molar-refractivity contribution < 1.29 is 4.42 Å². The first kappa shape index (κ1) is 14.4.